The zero-order valence-electron chi connectivity index (χ0n) is 8.46. The van der Waals surface area contributed by atoms with Gasteiger partial charge in [0.1, 0.15) is 0 Å². The molecule has 0 spiro atoms. The summed E-state index contributed by atoms with van der Waals surface area (Å²) in [6.07, 6.45) is 2.62. The standard InChI is InChI=1S/C10H15BrN2O/c1-7(2)3-4-14-10-9(11)5-8(12)6-13-10/h5-7H,3-4,12H2,1-2H3. The summed E-state index contributed by atoms with van der Waals surface area (Å²) < 4.78 is 6.30. The van der Waals surface area contributed by atoms with E-state index in [1.165, 1.54) is 0 Å². The summed E-state index contributed by atoms with van der Waals surface area (Å²) in [5.74, 6) is 1.25. The van der Waals surface area contributed by atoms with Gasteiger partial charge in [-0.1, -0.05) is 13.8 Å². The normalized spacial score (nSPS) is 10.6. The first-order valence-corrected chi connectivity index (χ1v) is 5.42. The minimum absolute atomic E-state index is 0.611. The highest BCUT2D eigenvalue weighted by Crippen LogP contribution is 2.24. The Balaban J connectivity index is 2.51. The van der Waals surface area contributed by atoms with Crippen LogP contribution in [0, 0.1) is 5.92 Å². The maximum absolute atomic E-state index is 5.56. The number of pyridine rings is 1. The molecule has 0 saturated carbocycles. The molecule has 0 radical (unpaired) electrons. The summed E-state index contributed by atoms with van der Waals surface area (Å²) in [7, 11) is 0. The molecule has 3 nitrogen and oxygen atoms in total. The number of halogens is 1. The van der Waals surface area contributed by atoms with Gasteiger partial charge in [-0.05, 0) is 34.3 Å². The second-order valence-electron chi connectivity index (χ2n) is 3.59. The third-order valence-corrected chi connectivity index (χ3v) is 2.33. The molecule has 0 aliphatic rings. The number of hydrogen-bond donors (Lipinski definition) is 1. The first kappa shape index (κ1) is 11.3. The third kappa shape index (κ3) is 3.54. The molecular formula is C10H15BrN2O. The fraction of sp³-hybridized carbons (Fsp3) is 0.500. The van der Waals surface area contributed by atoms with Gasteiger partial charge in [0.05, 0.1) is 23.0 Å². The van der Waals surface area contributed by atoms with Gasteiger partial charge in [0, 0.05) is 0 Å². The average Bonchev–Trinajstić information content (AvgIpc) is 2.08. The number of rotatable bonds is 4. The molecule has 0 fully saturated rings. The van der Waals surface area contributed by atoms with Crippen LogP contribution in [0.3, 0.4) is 0 Å². The molecule has 78 valence electrons. The van der Waals surface area contributed by atoms with Crippen LogP contribution in [0.2, 0.25) is 0 Å². The van der Waals surface area contributed by atoms with Gasteiger partial charge in [0.2, 0.25) is 5.88 Å². The Hall–Kier alpha value is -0.770. The largest absolute Gasteiger partial charge is 0.477 e. The fourth-order valence-corrected chi connectivity index (χ4v) is 1.42. The summed E-state index contributed by atoms with van der Waals surface area (Å²) in [6.45, 7) is 5.01. The quantitative estimate of drug-likeness (QED) is 0.904. The first-order chi connectivity index (χ1) is 6.59. The van der Waals surface area contributed by atoms with E-state index in [4.69, 9.17) is 10.5 Å². The average molecular weight is 259 g/mol. The summed E-state index contributed by atoms with van der Waals surface area (Å²) in [4.78, 5) is 4.08. The minimum atomic E-state index is 0.611. The van der Waals surface area contributed by atoms with Crippen molar-refractivity contribution in [2.75, 3.05) is 12.3 Å². The molecule has 0 saturated heterocycles. The van der Waals surface area contributed by atoms with E-state index in [2.05, 4.69) is 34.8 Å². The van der Waals surface area contributed by atoms with Crippen molar-refractivity contribution in [2.45, 2.75) is 20.3 Å². The van der Waals surface area contributed by atoms with Crippen molar-refractivity contribution < 1.29 is 4.74 Å². The molecule has 0 amide bonds. The summed E-state index contributed by atoms with van der Waals surface area (Å²) in [5, 5.41) is 0. The van der Waals surface area contributed by atoms with E-state index in [0.717, 1.165) is 10.9 Å². The summed E-state index contributed by atoms with van der Waals surface area (Å²) >= 11 is 3.35. The Morgan fingerprint density at radius 2 is 2.29 bits per heavy atom. The van der Waals surface area contributed by atoms with E-state index in [1.807, 2.05) is 0 Å². The number of anilines is 1. The molecule has 14 heavy (non-hydrogen) atoms. The van der Waals surface area contributed by atoms with Gasteiger partial charge in [-0.3, -0.25) is 0 Å². The lowest BCUT2D eigenvalue weighted by Gasteiger charge is -2.08. The van der Waals surface area contributed by atoms with E-state index in [9.17, 15) is 0 Å². The van der Waals surface area contributed by atoms with Crippen LogP contribution in [0.15, 0.2) is 16.7 Å². The van der Waals surface area contributed by atoms with Crippen LogP contribution in [0.25, 0.3) is 0 Å². The Morgan fingerprint density at radius 1 is 1.57 bits per heavy atom. The van der Waals surface area contributed by atoms with Crippen molar-refractivity contribution in [3.63, 3.8) is 0 Å². The van der Waals surface area contributed by atoms with Gasteiger partial charge >= 0.3 is 0 Å². The molecule has 0 aliphatic carbocycles. The van der Waals surface area contributed by atoms with Crippen molar-refractivity contribution in [3.8, 4) is 5.88 Å². The molecule has 1 rings (SSSR count). The van der Waals surface area contributed by atoms with Gasteiger partial charge in [0.15, 0.2) is 0 Å². The predicted octanol–water partition coefficient (Wildman–Crippen LogP) is 2.85. The van der Waals surface area contributed by atoms with Crippen LogP contribution in [-0.2, 0) is 0 Å². The summed E-state index contributed by atoms with van der Waals surface area (Å²) in [5.41, 5.74) is 6.19. The SMILES string of the molecule is CC(C)CCOc1ncc(N)cc1Br. The van der Waals surface area contributed by atoms with Crippen LogP contribution in [-0.4, -0.2) is 11.6 Å². The highest BCUT2D eigenvalue weighted by molar-refractivity contribution is 9.10. The molecule has 0 unspecified atom stereocenters. The van der Waals surface area contributed by atoms with Crippen molar-refractivity contribution in [1.29, 1.82) is 0 Å². The molecule has 1 aromatic heterocycles. The Bertz CT molecular complexity index is 302. The van der Waals surface area contributed by atoms with Crippen LogP contribution >= 0.6 is 15.9 Å². The van der Waals surface area contributed by atoms with Crippen LogP contribution in [0.4, 0.5) is 5.69 Å². The highest BCUT2D eigenvalue weighted by Gasteiger charge is 2.03. The van der Waals surface area contributed by atoms with E-state index >= 15 is 0 Å². The van der Waals surface area contributed by atoms with Crippen molar-refractivity contribution in [1.82, 2.24) is 4.98 Å². The van der Waals surface area contributed by atoms with Crippen molar-refractivity contribution >= 4 is 21.6 Å². The molecular weight excluding hydrogens is 244 g/mol. The first-order valence-electron chi connectivity index (χ1n) is 4.63. The van der Waals surface area contributed by atoms with Gasteiger partial charge < -0.3 is 10.5 Å². The third-order valence-electron chi connectivity index (χ3n) is 1.76. The van der Waals surface area contributed by atoms with Gasteiger partial charge in [-0.25, -0.2) is 4.98 Å². The van der Waals surface area contributed by atoms with E-state index < -0.39 is 0 Å². The Kier molecular flexibility index (Phi) is 4.20. The molecule has 2 N–H and O–H groups in total. The van der Waals surface area contributed by atoms with Gasteiger partial charge in [-0.15, -0.1) is 0 Å². The molecule has 0 aromatic carbocycles. The molecule has 0 bridgehead atoms. The lowest BCUT2D eigenvalue weighted by molar-refractivity contribution is 0.278. The van der Waals surface area contributed by atoms with Crippen LogP contribution < -0.4 is 10.5 Å². The second kappa shape index (κ2) is 5.20. The van der Waals surface area contributed by atoms with E-state index in [1.54, 1.807) is 12.3 Å². The van der Waals surface area contributed by atoms with Crippen LogP contribution in [0.5, 0.6) is 5.88 Å². The zero-order valence-corrected chi connectivity index (χ0v) is 10.0. The maximum atomic E-state index is 5.56. The lowest BCUT2D eigenvalue weighted by Crippen LogP contribution is -2.03. The number of aromatic nitrogens is 1. The molecule has 0 atom stereocenters. The van der Waals surface area contributed by atoms with Gasteiger partial charge in [0.25, 0.3) is 0 Å². The maximum Gasteiger partial charge on any atom is 0.228 e. The lowest BCUT2D eigenvalue weighted by atomic mass is 10.1. The number of nitrogens with two attached hydrogens (primary N) is 1. The number of nitrogens with zero attached hydrogens (tertiary/aromatic N) is 1. The smallest absolute Gasteiger partial charge is 0.228 e. The monoisotopic (exact) mass is 258 g/mol. The zero-order chi connectivity index (χ0) is 10.6. The number of nitrogen functional groups attached to an aromatic ring is 1. The van der Waals surface area contributed by atoms with E-state index in [-0.39, 0.29) is 0 Å². The van der Waals surface area contributed by atoms with Crippen LogP contribution in [0.1, 0.15) is 20.3 Å². The van der Waals surface area contributed by atoms with Crippen molar-refractivity contribution in [2.24, 2.45) is 5.92 Å². The Labute approximate surface area is 92.8 Å². The topological polar surface area (TPSA) is 48.1 Å². The molecule has 0 aliphatic heterocycles. The van der Waals surface area contributed by atoms with Crippen molar-refractivity contribution in [3.05, 3.63) is 16.7 Å². The fourth-order valence-electron chi connectivity index (χ4n) is 0.938. The summed E-state index contributed by atoms with van der Waals surface area (Å²) in [6, 6.07) is 1.79. The van der Waals surface area contributed by atoms with E-state index in [0.29, 0.717) is 24.1 Å². The second-order valence-corrected chi connectivity index (χ2v) is 4.44. The number of hydrogen-bond acceptors (Lipinski definition) is 3. The molecule has 4 heteroatoms. The predicted molar refractivity (Wildman–Crippen MR) is 61.3 cm³/mol. The molecule has 1 aromatic rings. The highest BCUT2D eigenvalue weighted by atomic mass is 79.9. The number of ether oxygens (including phenoxy) is 1. The molecule has 1 heterocycles. The van der Waals surface area contributed by atoms with Gasteiger partial charge in [-0.2, -0.15) is 0 Å². The Morgan fingerprint density at radius 3 is 2.86 bits per heavy atom. The minimum Gasteiger partial charge on any atom is -0.477 e.